The summed E-state index contributed by atoms with van der Waals surface area (Å²) in [6.07, 6.45) is 1.23. The molecule has 0 aliphatic carbocycles. The van der Waals surface area contributed by atoms with Crippen LogP contribution in [0.2, 0.25) is 0 Å². The van der Waals surface area contributed by atoms with E-state index in [1.807, 2.05) is 37.3 Å². The van der Waals surface area contributed by atoms with Gasteiger partial charge in [0.1, 0.15) is 11.7 Å². The summed E-state index contributed by atoms with van der Waals surface area (Å²) in [5, 5.41) is 4.27. The quantitative estimate of drug-likeness (QED) is 0.325. The average molecular weight is 515 g/mol. The fourth-order valence-electron chi connectivity index (χ4n) is 5.25. The Morgan fingerprint density at radius 3 is 2.29 bits per heavy atom. The molecule has 0 spiro atoms. The number of ether oxygens (including phenoxy) is 2. The first-order valence-corrected chi connectivity index (χ1v) is 13.0. The number of aliphatic imine (C=N–C) groups is 1. The van der Waals surface area contributed by atoms with Crippen molar-refractivity contribution in [1.82, 2.24) is 5.16 Å². The van der Waals surface area contributed by atoms with Crippen LogP contribution in [-0.4, -0.2) is 36.0 Å². The molecule has 0 bridgehead atoms. The second-order valence-corrected chi connectivity index (χ2v) is 9.31. The summed E-state index contributed by atoms with van der Waals surface area (Å²) in [4.78, 5) is 31.0. The molecule has 0 saturated carbocycles. The highest BCUT2D eigenvalue weighted by molar-refractivity contribution is 6.07. The van der Waals surface area contributed by atoms with E-state index in [1.165, 1.54) is 5.56 Å². The Kier molecular flexibility index (Phi) is 8.56. The number of esters is 2. The molecule has 1 aliphatic rings. The van der Waals surface area contributed by atoms with Gasteiger partial charge >= 0.3 is 11.9 Å². The van der Waals surface area contributed by atoms with Crippen LogP contribution in [0.5, 0.6) is 0 Å². The Balaban J connectivity index is 1.76. The van der Waals surface area contributed by atoms with Gasteiger partial charge in [-0.3, -0.25) is 9.79 Å². The van der Waals surface area contributed by atoms with Gasteiger partial charge in [0.05, 0.1) is 24.5 Å². The number of nitrogens with zero attached hydrogens (tertiary/aromatic N) is 2. The van der Waals surface area contributed by atoms with Gasteiger partial charge in [-0.25, -0.2) is 4.79 Å². The monoisotopic (exact) mass is 514 g/mol. The van der Waals surface area contributed by atoms with Crippen molar-refractivity contribution in [3.05, 3.63) is 88.4 Å². The molecule has 1 aliphatic heterocycles. The van der Waals surface area contributed by atoms with E-state index in [-0.39, 0.29) is 13.2 Å². The molecule has 198 valence electrons. The fraction of sp³-hybridized carbons (Fsp3) is 0.355. The maximum Gasteiger partial charge on any atom is 0.336 e. The van der Waals surface area contributed by atoms with Crippen molar-refractivity contribution in [1.29, 1.82) is 0 Å². The average Bonchev–Trinajstić information content (AvgIpc) is 3.27. The fourth-order valence-corrected chi connectivity index (χ4v) is 5.25. The largest absolute Gasteiger partial charge is 0.465 e. The van der Waals surface area contributed by atoms with E-state index in [0.717, 1.165) is 16.7 Å². The van der Waals surface area contributed by atoms with Crippen LogP contribution in [0.25, 0.3) is 11.1 Å². The lowest BCUT2D eigenvalue weighted by Gasteiger charge is -2.31. The highest BCUT2D eigenvalue weighted by Crippen LogP contribution is 2.43. The lowest BCUT2D eigenvalue weighted by Crippen LogP contribution is -2.37. The number of allylic oxidation sites excluding steroid dienone is 1. The second-order valence-electron chi connectivity index (χ2n) is 9.31. The Morgan fingerprint density at radius 2 is 1.58 bits per heavy atom. The van der Waals surface area contributed by atoms with Crippen molar-refractivity contribution < 1.29 is 23.6 Å². The van der Waals surface area contributed by atoms with E-state index >= 15 is 0 Å². The van der Waals surface area contributed by atoms with Crippen LogP contribution in [0.15, 0.2) is 75.4 Å². The molecule has 2 atom stereocenters. The topological polar surface area (TPSA) is 91.0 Å². The summed E-state index contributed by atoms with van der Waals surface area (Å²) in [5.41, 5.74) is 6.25. The van der Waals surface area contributed by atoms with Gasteiger partial charge < -0.3 is 14.0 Å². The predicted octanol–water partition coefficient (Wildman–Crippen LogP) is 6.01. The molecule has 3 aromatic rings. The van der Waals surface area contributed by atoms with Crippen LogP contribution < -0.4 is 0 Å². The van der Waals surface area contributed by atoms with Crippen molar-refractivity contribution in [2.24, 2.45) is 10.9 Å². The van der Waals surface area contributed by atoms with E-state index in [0.29, 0.717) is 41.3 Å². The number of aromatic nitrogens is 1. The third-order valence-electron chi connectivity index (χ3n) is 6.88. The van der Waals surface area contributed by atoms with Crippen LogP contribution in [0.4, 0.5) is 0 Å². The molecule has 0 saturated heterocycles. The molecular weight excluding hydrogens is 480 g/mol. The molecule has 38 heavy (non-hydrogen) atoms. The van der Waals surface area contributed by atoms with E-state index in [1.54, 1.807) is 27.7 Å². The van der Waals surface area contributed by atoms with Crippen molar-refractivity contribution in [3.8, 4) is 11.1 Å². The maximum atomic E-state index is 13.2. The number of hydrogen-bond acceptors (Lipinski definition) is 7. The number of rotatable bonds is 9. The SMILES string of the molecule is CCOC(=O)C1=C(C)N=C(C)C(C(=O)OCC)C1c1c(C)noc1CCc1ccccc1-c1ccccc1. The summed E-state index contributed by atoms with van der Waals surface area (Å²) < 4.78 is 16.7. The molecular formula is C31H34N2O5. The highest BCUT2D eigenvalue weighted by atomic mass is 16.5. The highest BCUT2D eigenvalue weighted by Gasteiger charge is 2.45. The van der Waals surface area contributed by atoms with Gasteiger partial charge in [0.25, 0.3) is 0 Å². The standard InChI is InChI=1S/C31H34N2O5/c1-6-36-30(34)27-19(3)32-20(4)28(31(35)37-7-2)29(27)26-21(5)33-38-25(26)18-17-23-15-11-12-16-24(23)22-13-9-8-10-14-22/h8-16,27,29H,6-7,17-18H2,1-5H3. The molecule has 0 radical (unpaired) electrons. The molecule has 0 N–H and O–H groups in total. The molecule has 7 heteroatoms. The number of benzene rings is 2. The van der Waals surface area contributed by atoms with Crippen molar-refractivity contribution in [3.63, 3.8) is 0 Å². The van der Waals surface area contributed by atoms with Crippen molar-refractivity contribution >= 4 is 17.7 Å². The van der Waals surface area contributed by atoms with E-state index in [4.69, 9.17) is 14.0 Å². The van der Waals surface area contributed by atoms with Gasteiger partial charge in [-0.2, -0.15) is 0 Å². The molecule has 0 amide bonds. The van der Waals surface area contributed by atoms with E-state index in [2.05, 4.69) is 34.4 Å². The number of carbonyl (C=O) groups is 2. The van der Waals surface area contributed by atoms with Crippen LogP contribution >= 0.6 is 0 Å². The van der Waals surface area contributed by atoms with Crippen LogP contribution in [0, 0.1) is 12.8 Å². The third kappa shape index (κ3) is 5.47. The smallest absolute Gasteiger partial charge is 0.336 e. The zero-order valence-corrected chi connectivity index (χ0v) is 22.6. The Bertz CT molecular complexity index is 1370. The zero-order chi connectivity index (χ0) is 27.2. The first-order valence-electron chi connectivity index (χ1n) is 13.0. The van der Waals surface area contributed by atoms with Gasteiger partial charge in [-0.15, -0.1) is 0 Å². The summed E-state index contributed by atoms with van der Waals surface area (Å²) in [6.45, 7) is 9.33. The second kappa shape index (κ2) is 12.0. The third-order valence-corrected chi connectivity index (χ3v) is 6.88. The molecule has 1 aromatic heterocycles. The van der Waals surface area contributed by atoms with Crippen molar-refractivity contribution in [2.75, 3.05) is 13.2 Å². The minimum absolute atomic E-state index is 0.209. The Labute approximate surface area is 223 Å². The summed E-state index contributed by atoms with van der Waals surface area (Å²) in [6, 6.07) is 18.5. The number of hydrogen-bond donors (Lipinski definition) is 0. The van der Waals surface area contributed by atoms with Gasteiger partial charge in [0, 0.05) is 29.3 Å². The van der Waals surface area contributed by atoms with Crippen LogP contribution in [0.1, 0.15) is 56.2 Å². The van der Waals surface area contributed by atoms with Gasteiger partial charge in [-0.1, -0.05) is 59.8 Å². The summed E-state index contributed by atoms with van der Waals surface area (Å²) in [5.74, 6) is -1.76. The molecule has 7 nitrogen and oxygen atoms in total. The zero-order valence-electron chi connectivity index (χ0n) is 22.6. The number of carbonyl (C=O) groups excluding carboxylic acids is 2. The molecule has 2 heterocycles. The molecule has 0 fully saturated rings. The summed E-state index contributed by atoms with van der Waals surface area (Å²) >= 11 is 0. The maximum absolute atomic E-state index is 13.2. The van der Waals surface area contributed by atoms with E-state index < -0.39 is 23.8 Å². The first-order chi connectivity index (χ1) is 18.4. The summed E-state index contributed by atoms with van der Waals surface area (Å²) in [7, 11) is 0. The minimum Gasteiger partial charge on any atom is -0.465 e. The Hall–Kier alpha value is -4.00. The minimum atomic E-state index is -0.786. The van der Waals surface area contributed by atoms with Gasteiger partial charge in [0.2, 0.25) is 0 Å². The van der Waals surface area contributed by atoms with Crippen LogP contribution in [-0.2, 0) is 31.9 Å². The predicted molar refractivity (Wildman–Crippen MR) is 146 cm³/mol. The Morgan fingerprint density at radius 1 is 0.895 bits per heavy atom. The van der Waals surface area contributed by atoms with Crippen molar-refractivity contribution in [2.45, 2.75) is 53.4 Å². The van der Waals surface area contributed by atoms with E-state index in [9.17, 15) is 9.59 Å². The van der Waals surface area contributed by atoms with Gasteiger partial charge in [0.15, 0.2) is 0 Å². The van der Waals surface area contributed by atoms with Gasteiger partial charge in [-0.05, 0) is 57.7 Å². The lowest BCUT2D eigenvalue weighted by atomic mass is 9.74. The normalized spacial score (nSPS) is 17.2. The molecule has 2 unspecified atom stereocenters. The number of aryl methyl sites for hydroxylation is 3. The van der Waals surface area contributed by atoms with Crippen LogP contribution in [0.3, 0.4) is 0 Å². The molecule has 4 rings (SSSR count). The molecule has 2 aromatic carbocycles. The lowest BCUT2D eigenvalue weighted by molar-refractivity contribution is -0.146. The first kappa shape index (κ1) is 27.0.